The Hall–Kier alpha value is -2.77. The fourth-order valence-corrected chi connectivity index (χ4v) is 3.75. The number of anilines is 1. The van der Waals surface area contributed by atoms with E-state index < -0.39 is 0 Å². The summed E-state index contributed by atoms with van der Waals surface area (Å²) in [5.41, 5.74) is 4.79. The first-order valence-electron chi connectivity index (χ1n) is 9.56. The molecule has 30 heavy (non-hydrogen) atoms. The number of halogens is 3. The van der Waals surface area contributed by atoms with Crippen LogP contribution < -0.4 is 10.6 Å². The lowest BCUT2D eigenvalue weighted by Crippen LogP contribution is -2.25. The second-order valence-corrected chi connectivity index (χ2v) is 7.25. The van der Waals surface area contributed by atoms with Crippen LogP contribution in [0.1, 0.15) is 28.1 Å². The Bertz CT molecular complexity index is 1080. The molecular weight excluding hydrogens is 410 g/mol. The SMILES string of the molecule is Cc1nn(-c2ccc(F)cc2)c(C)c1CC(=O)Nc1ccc2c(c1F)CCNC2.Cl. The van der Waals surface area contributed by atoms with Crippen LogP contribution in [0.15, 0.2) is 36.4 Å². The minimum atomic E-state index is -0.354. The lowest BCUT2D eigenvalue weighted by Gasteiger charge is -2.19. The molecule has 5 nitrogen and oxygen atoms in total. The molecule has 1 aromatic heterocycles. The predicted molar refractivity (Wildman–Crippen MR) is 114 cm³/mol. The van der Waals surface area contributed by atoms with E-state index in [2.05, 4.69) is 15.7 Å². The Morgan fingerprint density at radius 3 is 2.63 bits per heavy atom. The molecule has 0 fully saturated rings. The van der Waals surface area contributed by atoms with Gasteiger partial charge in [0.05, 0.1) is 23.5 Å². The molecule has 0 saturated carbocycles. The molecule has 0 unspecified atom stereocenters. The summed E-state index contributed by atoms with van der Waals surface area (Å²) < 4.78 is 29.7. The number of rotatable bonds is 4. The van der Waals surface area contributed by atoms with Gasteiger partial charge in [0.15, 0.2) is 0 Å². The molecule has 2 N–H and O–H groups in total. The smallest absolute Gasteiger partial charge is 0.229 e. The van der Waals surface area contributed by atoms with Crippen molar-refractivity contribution in [2.24, 2.45) is 0 Å². The minimum Gasteiger partial charge on any atom is -0.323 e. The zero-order valence-corrected chi connectivity index (χ0v) is 17.6. The van der Waals surface area contributed by atoms with Crippen LogP contribution >= 0.6 is 12.4 Å². The summed E-state index contributed by atoms with van der Waals surface area (Å²) in [6, 6.07) is 9.47. The third-order valence-electron chi connectivity index (χ3n) is 5.33. The van der Waals surface area contributed by atoms with E-state index in [4.69, 9.17) is 0 Å². The third kappa shape index (κ3) is 4.22. The molecule has 0 saturated heterocycles. The Labute approximate surface area is 179 Å². The van der Waals surface area contributed by atoms with Crippen molar-refractivity contribution in [3.63, 3.8) is 0 Å². The number of fused-ring (bicyclic) bond motifs is 1. The van der Waals surface area contributed by atoms with Crippen LogP contribution in [0.3, 0.4) is 0 Å². The van der Waals surface area contributed by atoms with Crippen molar-refractivity contribution < 1.29 is 13.6 Å². The summed E-state index contributed by atoms with van der Waals surface area (Å²) in [6.45, 7) is 5.05. The average Bonchev–Trinajstić information content (AvgIpc) is 2.99. The van der Waals surface area contributed by atoms with Gasteiger partial charge < -0.3 is 10.6 Å². The number of carbonyl (C=O) groups is 1. The van der Waals surface area contributed by atoms with Gasteiger partial charge in [0.1, 0.15) is 11.6 Å². The number of aromatic nitrogens is 2. The van der Waals surface area contributed by atoms with Gasteiger partial charge in [-0.15, -0.1) is 12.4 Å². The standard InChI is InChI=1S/C22H22F2N4O.ClH/c1-13-19(14(2)28(27-13)17-6-4-16(23)5-7-17)11-21(29)26-20-8-3-15-12-25-10-9-18(15)22(20)24;/h3-8,25H,9-12H2,1-2H3,(H,26,29);1H. The van der Waals surface area contributed by atoms with Crippen LogP contribution in [0, 0.1) is 25.5 Å². The first-order valence-corrected chi connectivity index (χ1v) is 9.56. The first kappa shape index (κ1) is 21.9. The maximum atomic E-state index is 14.8. The number of aryl methyl sites for hydroxylation is 1. The number of benzene rings is 2. The van der Waals surface area contributed by atoms with Crippen molar-refractivity contribution in [3.8, 4) is 5.69 Å². The number of nitrogens with one attached hydrogen (secondary N) is 2. The van der Waals surface area contributed by atoms with Gasteiger partial charge in [-0.2, -0.15) is 5.10 Å². The molecule has 1 aliphatic rings. The number of carbonyl (C=O) groups excluding carboxylic acids is 1. The lowest BCUT2D eigenvalue weighted by molar-refractivity contribution is -0.115. The molecule has 4 rings (SSSR count). The molecule has 158 valence electrons. The van der Waals surface area contributed by atoms with E-state index >= 15 is 0 Å². The molecule has 1 amide bonds. The second-order valence-electron chi connectivity index (χ2n) is 7.25. The Balaban J connectivity index is 0.00000256. The molecule has 0 spiro atoms. The van der Waals surface area contributed by atoms with Gasteiger partial charge in [-0.05, 0) is 68.3 Å². The largest absolute Gasteiger partial charge is 0.323 e. The van der Waals surface area contributed by atoms with Crippen LogP contribution in [0.2, 0.25) is 0 Å². The number of nitrogens with zero attached hydrogens (tertiary/aromatic N) is 2. The highest BCUT2D eigenvalue weighted by Crippen LogP contribution is 2.25. The second kappa shape index (κ2) is 8.93. The predicted octanol–water partition coefficient (Wildman–Crippen LogP) is 4.02. The monoisotopic (exact) mass is 432 g/mol. The average molecular weight is 433 g/mol. The highest BCUT2D eigenvalue weighted by molar-refractivity contribution is 5.92. The summed E-state index contributed by atoms with van der Waals surface area (Å²) in [4.78, 5) is 12.6. The Morgan fingerprint density at radius 1 is 1.17 bits per heavy atom. The third-order valence-corrected chi connectivity index (χ3v) is 5.33. The van der Waals surface area contributed by atoms with Gasteiger partial charge in [-0.1, -0.05) is 6.07 Å². The van der Waals surface area contributed by atoms with E-state index in [0.29, 0.717) is 29.9 Å². The Morgan fingerprint density at radius 2 is 1.90 bits per heavy atom. The van der Waals surface area contributed by atoms with Crippen LogP contribution in [0.4, 0.5) is 14.5 Å². The highest BCUT2D eigenvalue weighted by Gasteiger charge is 2.20. The molecule has 1 aliphatic heterocycles. The van der Waals surface area contributed by atoms with Gasteiger partial charge >= 0.3 is 0 Å². The van der Waals surface area contributed by atoms with Crippen LogP contribution in [-0.2, 0) is 24.2 Å². The summed E-state index contributed by atoms with van der Waals surface area (Å²) in [7, 11) is 0. The molecule has 0 bridgehead atoms. The topological polar surface area (TPSA) is 59.0 Å². The molecule has 2 aromatic carbocycles. The summed E-state index contributed by atoms with van der Waals surface area (Å²) >= 11 is 0. The zero-order chi connectivity index (χ0) is 20.5. The number of hydrogen-bond donors (Lipinski definition) is 2. The zero-order valence-electron chi connectivity index (χ0n) is 16.8. The van der Waals surface area contributed by atoms with Gasteiger partial charge in [0.2, 0.25) is 5.91 Å². The Kier molecular flexibility index (Phi) is 6.53. The van der Waals surface area contributed by atoms with Crippen molar-refractivity contribution in [3.05, 3.63) is 76.1 Å². The van der Waals surface area contributed by atoms with Crippen LogP contribution in [0.25, 0.3) is 5.69 Å². The number of hydrogen-bond acceptors (Lipinski definition) is 3. The normalized spacial score (nSPS) is 12.8. The maximum Gasteiger partial charge on any atom is 0.229 e. The maximum absolute atomic E-state index is 14.8. The van der Waals surface area contributed by atoms with E-state index in [0.717, 1.165) is 23.4 Å². The van der Waals surface area contributed by atoms with Gasteiger partial charge in [0, 0.05) is 17.8 Å². The summed E-state index contributed by atoms with van der Waals surface area (Å²) in [5.74, 6) is -0.979. The van der Waals surface area contributed by atoms with Crippen LogP contribution in [-0.4, -0.2) is 22.2 Å². The molecular formula is C22H23ClF2N4O. The van der Waals surface area contributed by atoms with E-state index in [-0.39, 0.29) is 42.1 Å². The summed E-state index contributed by atoms with van der Waals surface area (Å²) in [6.07, 6.45) is 0.685. The fourth-order valence-electron chi connectivity index (χ4n) is 3.75. The van der Waals surface area contributed by atoms with Gasteiger partial charge in [-0.25, -0.2) is 13.5 Å². The quantitative estimate of drug-likeness (QED) is 0.654. The van der Waals surface area contributed by atoms with Crippen molar-refractivity contribution in [1.82, 2.24) is 15.1 Å². The lowest BCUT2D eigenvalue weighted by atomic mass is 9.99. The van der Waals surface area contributed by atoms with Gasteiger partial charge in [-0.3, -0.25) is 4.79 Å². The van der Waals surface area contributed by atoms with Crippen LogP contribution in [0.5, 0.6) is 0 Å². The van der Waals surface area contributed by atoms with Crippen molar-refractivity contribution >= 4 is 24.0 Å². The van der Waals surface area contributed by atoms with Crippen molar-refractivity contribution in [1.29, 1.82) is 0 Å². The van der Waals surface area contributed by atoms with Crippen molar-refractivity contribution in [2.45, 2.75) is 33.2 Å². The summed E-state index contributed by atoms with van der Waals surface area (Å²) in [5, 5.41) is 10.4. The highest BCUT2D eigenvalue weighted by atomic mass is 35.5. The molecule has 0 aliphatic carbocycles. The molecule has 2 heterocycles. The molecule has 0 atom stereocenters. The van der Waals surface area contributed by atoms with E-state index in [1.807, 2.05) is 19.9 Å². The fraction of sp³-hybridized carbons (Fsp3) is 0.273. The molecule has 8 heteroatoms. The van der Waals surface area contributed by atoms with E-state index in [1.165, 1.54) is 12.1 Å². The van der Waals surface area contributed by atoms with E-state index in [1.54, 1.807) is 22.9 Å². The van der Waals surface area contributed by atoms with Gasteiger partial charge in [0.25, 0.3) is 0 Å². The molecule has 0 radical (unpaired) electrons. The number of amides is 1. The van der Waals surface area contributed by atoms with E-state index in [9.17, 15) is 13.6 Å². The minimum absolute atomic E-state index is 0. The molecule has 3 aromatic rings. The first-order chi connectivity index (χ1) is 13.9. The van der Waals surface area contributed by atoms with Crippen molar-refractivity contribution in [2.75, 3.05) is 11.9 Å².